The van der Waals surface area contributed by atoms with Gasteiger partial charge in [0.25, 0.3) is 0 Å². The normalized spacial score (nSPS) is 17.5. The molecule has 2 atom stereocenters. The molecule has 3 heteroatoms. The Morgan fingerprint density at radius 2 is 1.77 bits per heavy atom. The van der Waals surface area contributed by atoms with E-state index in [1.54, 1.807) is 0 Å². The summed E-state index contributed by atoms with van der Waals surface area (Å²) in [5.41, 5.74) is 0.219. The van der Waals surface area contributed by atoms with Crippen LogP contribution in [0.15, 0.2) is 0 Å². The van der Waals surface area contributed by atoms with Gasteiger partial charge in [-0.25, -0.2) is 4.31 Å². The molecular formula is C10H23NS2. The van der Waals surface area contributed by atoms with Gasteiger partial charge in [-0.15, -0.1) is 0 Å². The summed E-state index contributed by atoms with van der Waals surface area (Å²) in [6.45, 7) is 13.4. The average Bonchev–Trinajstić information content (AvgIpc) is 1.96. The fourth-order valence-electron chi connectivity index (χ4n) is 1.25. The van der Waals surface area contributed by atoms with E-state index in [0.29, 0.717) is 10.6 Å². The summed E-state index contributed by atoms with van der Waals surface area (Å²) < 4.78 is 2.82. The maximum absolute atomic E-state index is 4.42. The molecule has 0 rings (SSSR count). The lowest BCUT2D eigenvalue weighted by molar-refractivity contribution is 0.216. The number of thiol groups is 1. The third kappa shape index (κ3) is 5.18. The van der Waals surface area contributed by atoms with Crippen LogP contribution in [0.25, 0.3) is 0 Å². The van der Waals surface area contributed by atoms with Gasteiger partial charge in [0.1, 0.15) is 0 Å². The van der Waals surface area contributed by atoms with Crippen molar-refractivity contribution in [3.63, 3.8) is 0 Å². The van der Waals surface area contributed by atoms with Gasteiger partial charge in [-0.05, 0) is 41.0 Å². The lowest BCUT2D eigenvalue weighted by Gasteiger charge is -2.39. The van der Waals surface area contributed by atoms with E-state index >= 15 is 0 Å². The first-order valence-corrected chi connectivity index (χ1v) is 6.28. The second-order valence-corrected chi connectivity index (χ2v) is 6.89. The third-order valence-electron chi connectivity index (χ3n) is 1.92. The van der Waals surface area contributed by atoms with Gasteiger partial charge in [0.05, 0.1) is 4.58 Å². The highest BCUT2D eigenvalue weighted by Gasteiger charge is 2.26. The van der Waals surface area contributed by atoms with Crippen LogP contribution < -0.4 is 0 Å². The molecule has 0 aromatic heterocycles. The van der Waals surface area contributed by atoms with Gasteiger partial charge in [-0.1, -0.05) is 18.9 Å². The van der Waals surface area contributed by atoms with Gasteiger partial charge in [0.2, 0.25) is 0 Å². The monoisotopic (exact) mass is 221 g/mol. The van der Waals surface area contributed by atoms with E-state index in [1.807, 2.05) is 11.9 Å². The predicted octanol–water partition coefficient (Wildman–Crippen LogP) is 3.81. The van der Waals surface area contributed by atoms with Crippen molar-refractivity contribution in [1.29, 1.82) is 0 Å². The van der Waals surface area contributed by atoms with Gasteiger partial charge < -0.3 is 0 Å². The number of nitrogens with zero attached hydrogens (tertiary/aromatic N) is 1. The van der Waals surface area contributed by atoms with Crippen molar-refractivity contribution in [3.05, 3.63) is 0 Å². The molecule has 0 aromatic rings. The summed E-state index contributed by atoms with van der Waals surface area (Å²) in [4.78, 5) is 0. The Bertz CT molecular complexity index is 140. The highest BCUT2D eigenvalue weighted by Crippen LogP contribution is 2.31. The summed E-state index contributed by atoms with van der Waals surface area (Å²) in [5.74, 6) is 0. The van der Waals surface area contributed by atoms with E-state index in [0.717, 1.165) is 0 Å². The molecule has 0 bridgehead atoms. The Hall–Kier alpha value is 0.660. The summed E-state index contributed by atoms with van der Waals surface area (Å²) >= 11 is 6.26. The molecule has 0 N–H and O–H groups in total. The molecule has 0 fully saturated rings. The third-order valence-corrected chi connectivity index (χ3v) is 3.64. The first kappa shape index (κ1) is 13.7. The summed E-state index contributed by atoms with van der Waals surface area (Å²) in [7, 11) is 0. The van der Waals surface area contributed by atoms with E-state index in [2.05, 4.69) is 58.5 Å². The number of rotatable bonds is 4. The number of hydrogen-bond acceptors (Lipinski definition) is 3. The SMILES string of the molecule is CCC(C)N(SC(C)S)C(C)(C)C. The Labute approximate surface area is 93.2 Å². The van der Waals surface area contributed by atoms with Crippen LogP contribution in [-0.4, -0.2) is 20.5 Å². The Kier molecular flexibility index (Phi) is 5.80. The molecule has 2 unspecified atom stereocenters. The van der Waals surface area contributed by atoms with E-state index in [4.69, 9.17) is 0 Å². The molecule has 0 saturated heterocycles. The smallest absolute Gasteiger partial charge is 0.0591 e. The molecule has 0 aromatic carbocycles. The minimum atomic E-state index is 0.219. The van der Waals surface area contributed by atoms with E-state index in [9.17, 15) is 0 Å². The predicted molar refractivity (Wildman–Crippen MR) is 67.4 cm³/mol. The van der Waals surface area contributed by atoms with Crippen molar-refractivity contribution in [2.75, 3.05) is 0 Å². The van der Waals surface area contributed by atoms with Gasteiger partial charge in [0.15, 0.2) is 0 Å². The standard InChI is InChI=1S/C10H23NS2/c1-7-8(2)11(10(4,5)6)13-9(3)12/h8-9,12H,7H2,1-6H3. The van der Waals surface area contributed by atoms with Crippen molar-refractivity contribution in [1.82, 2.24) is 4.31 Å². The second-order valence-electron chi connectivity index (χ2n) is 4.46. The van der Waals surface area contributed by atoms with Crippen LogP contribution >= 0.6 is 24.6 Å². The molecule has 0 aliphatic rings. The van der Waals surface area contributed by atoms with Crippen molar-refractivity contribution in [2.45, 2.75) is 64.1 Å². The minimum absolute atomic E-state index is 0.219. The van der Waals surface area contributed by atoms with Crippen LogP contribution in [0, 0.1) is 0 Å². The fraction of sp³-hybridized carbons (Fsp3) is 1.00. The van der Waals surface area contributed by atoms with Crippen LogP contribution in [0.3, 0.4) is 0 Å². The summed E-state index contributed by atoms with van der Waals surface area (Å²) in [5, 5.41) is 0. The molecule has 1 nitrogen and oxygen atoms in total. The molecule has 0 radical (unpaired) electrons. The van der Waals surface area contributed by atoms with E-state index in [1.165, 1.54) is 6.42 Å². The van der Waals surface area contributed by atoms with Crippen molar-refractivity contribution < 1.29 is 0 Å². The molecule has 13 heavy (non-hydrogen) atoms. The lowest BCUT2D eigenvalue weighted by Crippen LogP contribution is -2.42. The molecule has 0 saturated carbocycles. The van der Waals surface area contributed by atoms with Crippen LogP contribution in [0.4, 0.5) is 0 Å². The molecular weight excluding hydrogens is 198 g/mol. The van der Waals surface area contributed by atoms with Crippen molar-refractivity contribution >= 4 is 24.6 Å². The maximum atomic E-state index is 4.42. The quantitative estimate of drug-likeness (QED) is 0.437. The Balaban J connectivity index is 4.37. The van der Waals surface area contributed by atoms with E-state index < -0.39 is 0 Å². The van der Waals surface area contributed by atoms with Gasteiger partial charge in [-0.2, -0.15) is 12.6 Å². The molecule has 80 valence electrons. The second kappa shape index (κ2) is 5.52. The Morgan fingerprint density at radius 3 is 2.00 bits per heavy atom. The van der Waals surface area contributed by atoms with E-state index in [-0.39, 0.29) is 5.54 Å². The Morgan fingerprint density at radius 1 is 1.31 bits per heavy atom. The van der Waals surface area contributed by atoms with Crippen LogP contribution in [-0.2, 0) is 0 Å². The number of hydrogen-bond donors (Lipinski definition) is 1. The molecule has 0 amide bonds. The summed E-state index contributed by atoms with van der Waals surface area (Å²) in [6, 6.07) is 0.611. The zero-order valence-corrected chi connectivity index (χ0v) is 11.4. The topological polar surface area (TPSA) is 3.24 Å². The van der Waals surface area contributed by atoms with Gasteiger partial charge >= 0.3 is 0 Å². The maximum Gasteiger partial charge on any atom is 0.0591 e. The first-order valence-electron chi connectivity index (χ1n) is 4.93. The zero-order valence-electron chi connectivity index (χ0n) is 9.66. The first-order chi connectivity index (χ1) is 5.79. The minimum Gasteiger partial charge on any atom is -0.242 e. The van der Waals surface area contributed by atoms with Crippen molar-refractivity contribution in [2.24, 2.45) is 0 Å². The van der Waals surface area contributed by atoms with Gasteiger partial charge in [0, 0.05) is 11.6 Å². The molecule has 0 heterocycles. The average molecular weight is 221 g/mol. The van der Waals surface area contributed by atoms with Crippen LogP contribution in [0.1, 0.15) is 48.0 Å². The van der Waals surface area contributed by atoms with Crippen LogP contribution in [0.2, 0.25) is 0 Å². The summed E-state index contributed by atoms with van der Waals surface area (Å²) in [6.07, 6.45) is 1.19. The van der Waals surface area contributed by atoms with Gasteiger partial charge in [-0.3, -0.25) is 0 Å². The molecule has 0 aliphatic heterocycles. The van der Waals surface area contributed by atoms with Crippen LogP contribution in [0.5, 0.6) is 0 Å². The lowest BCUT2D eigenvalue weighted by atomic mass is 10.1. The van der Waals surface area contributed by atoms with Crippen molar-refractivity contribution in [3.8, 4) is 0 Å². The molecule has 0 spiro atoms. The highest BCUT2D eigenvalue weighted by molar-refractivity contribution is 8.08. The zero-order chi connectivity index (χ0) is 10.6. The fourth-order valence-corrected chi connectivity index (χ4v) is 2.56. The highest BCUT2D eigenvalue weighted by atomic mass is 32.2. The molecule has 0 aliphatic carbocycles. The largest absolute Gasteiger partial charge is 0.242 e.